The van der Waals surface area contributed by atoms with E-state index >= 15 is 0 Å². The van der Waals surface area contributed by atoms with Gasteiger partial charge in [0.15, 0.2) is 0 Å². The van der Waals surface area contributed by atoms with Gasteiger partial charge in [-0.1, -0.05) is 0 Å². The molecule has 1 rings (SSSR count). The van der Waals surface area contributed by atoms with Crippen molar-refractivity contribution >= 4 is 11.9 Å². The van der Waals surface area contributed by atoms with Crippen molar-refractivity contribution in [2.45, 2.75) is 12.8 Å². The summed E-state index contributed by atoms with van der Waals surface area (Å²) in [6.07, 6.45) is 3.45. The molecular formula is C12H16N2O4. The molecule has 0 radical (unpaired) electrons. The molecule has 0 fully saturated rings. The summed E-state index contributed by atoms with van der Waals surface area (Å²) in [6.45, 7) is 0.386. The average molecular weight is 252 g/mol. The number of carboxylic acid groups (broad SMARTS) is 1. The Hall–Kier alpha value is -2.11. The highest BCUT2D eigenvalue weighted by Gasteiger charge is 2.16. The maximum absolute atomic E-state index is 12.1. The molecule has 0 atom stereocenters. The fourth-order valence-corrected chi connectivity index (χ4v) is 1.49. The molecule has 0 saturated carbocycles. The topological polar surface area (TPSA) is 79.7 Å². The zero-order valence-electron chi connectivity index (χ0n) is 10.4. The molecule has 0 unspecified atom stereocenters. The Morgan fingerprint density at radius 1 is 1.50 bits per heavy atom. The third kappa shape index (κ3) is 3.73. The Morgan fingerprint density at radius 3 is 2.83 bits per heavy atom. The smallest absolute Gasteiger partial charge is 0.303 e. The highest BCUT2D eigenvalue weighted by atomic mass is 16.5. The number of rotatable bonds is 6. The predicted octanol–water partition coefficient (Wildman–Crippen LogP) is 1.03. The van der Waals surface area contributed by atoms with E-state index in [1.807, 2.05) is 0 Å². The van der Waals surface area contributed by atoms with Gasteiger partial charge in [-0.05, 0) is 12.5 Å². The number of nitrogens with zero attached hydrogens (tertiary/aromatic N) is 2. The zero-order valence-corrected chi connectivity index (χ0v) is 10.4. The number of pyridine rings is 1. The van der Waals surface area contributed by atoms with Crippen molar-refractivity contribution in [3.05, 3.63) is 24.0 Å². The molecule has 0 saturated heterocycles. The van der Waals surface area contributed by atoms with Gasteiger partial charge in [0.1, 0.15) is 5.75 Å². The van der Waals surface area contributed by atoms with E-state index in [0.29, 0.717) is 24.3 Å². The minimum Gasteiger partial charge on any atom is -0.494 e. The molecule has 6 heteroatoms. The first-order chi connectivity index (χ1) is 8.56. The highest BCUT2D eigenvalue weighted by molar-refractivity contribution is 5.96. The summed E-state index contributed by atoms with van der Waals surface area (Å²) in [4.78, 5) is 27.8. The van der Waals surface area contributed by atoms with Crippen LogP contribution in [0.25, 0.3) is 0 Å². The minimum atomic E-state index is -0.864. The number of amides is 1. The Kier molecular flexibility index (Phi) is 5.10. The molecule has 6 nitrogen and oxygen atoms in total. The quantitative estimate of drug-likeness (QED) is 0.817. The fraction of sp³-hybridized carbons (Fsp3) is 0.417. The van der Waals surface area contributed by atoms with Gasteiger partial charge in [0, 0.05) is 26.2 Å². The molecule has 1 N–H and O–H groups in total. The Balaban J connectivity index is 2.65. The molecule has 98 valence electrons. The molecule has 18 heavy (non-hydrogen) atoms. The molecule has 1 aromatic rings. The van der Waals surface area contributed by atoms with Crippen LogP contribution >= 0.6 is 0 Å². The first-order valence-electron chi connectivity index (χ1n) is 5.51. The van der Waals surface area contributed by atoms with Gasteiger partial charge in [-0.15, -0.1) is 0 Å². The summed E-state index contributed by atoms with van der Waals surface area (Å²) in [7, 11) is 3.10. The number of carbonyl (C=O) groups excluding carboxylic acids is 1. The molecule has 1 heterocycles. The second kappa shape index (κ2) is 6.58. The zero-order chi connectivity index (χ0) is 13.5. The van der Waals surface area contributed by atoms with Crippen molar-refractivity contribution in [1.82, 2.24) is 9.88 Å². The minimum absolute atomic E-state index is 0.0467. The SMILES string of the molecule is COc1cnccc1C(=O)N(C)CCCC(=O)O. The lowest BCUT2D eigenvalue weighted by molar-refractivity contribution is -0.137. The van der Waals surface area contributed by atoms with E-state index in [1.165, 1.54) is 24.4 Å². The van der Waals surface area contributed by atoms with E-state index in [2.05, 4.69) is 4.98 Å². The molecule has 0 aliphatic carbocycles. The molecule has 0 aliphatic rings. The standard InChI is InChI=1S/C12H16N2O4/c1-14(7-3-4-11(15)16)12(17)9-5-6-13-8-10(9)18-2/h5-6,8H,3-4,7H2,1-2H3,(H,15,16). The van der Waals surface area contributed by atoms with E-state index in [-0.39, 0.29) is 12.3 Å². The summed E-state index contributed by atoms with van der Waals surface area (Å²) < 4.78 is 5.06. The molecule has 0 aromatic carbocycles. The van der Waals surface area contributed by atoms with Crippen LogP contribution in [0.2, 0.25) is 0 Å². The molecule has 0 spiro atoms. The van der Waals surface area contributed by atoms with Crippen LogP contribution in [0, 0.1) is 0 Å². The van der Waals surface area contributed by atoms with E-state index in [0.717, 1.165) is 0 Å². The number of carboxylic acids is 1. The van der Waals surface area contributed by atoms with Crippen LogP contribution in [0.5, 0.6) is 5.75 Å². The summed E-state index contributed by atoms with van der Waals surface area (Å²) >= 11 is 0. The van der Waals surface area contributed by atoms with Gasteiger partial charge in [-0.3, -0.25) is 14.6 Å². The van der Waals surface area contributed by atoms with Gasteiger partial charge in [-0.25, -0.2) is 0 Å². The number of ether oxygens (including phenoxy) is 1. The van der Waals surface area contributed by atoms with Crippen LogP contribution in [0.3, 0.4) is 0 Å². The monoisotopic (exact) mass is 252 g/mol. The van der Waals surface area contributed by atoms with Crippen LogP contribution in [-0.2, 0) is 4.79 Å². The maximum Gasteiger partial charge on any atom is 0.303 e. The first-order valence-corrected chi connectivity index (χ1v) is 5.51. The van der Waals surface area contributed by atoms with Gasteiger partial charge in [0.25, 0.3) is 5.91 Å². The lowest BCUT2D eigenvalue weighted by Crippen LogP contribution is -2.28. The molecule has 0 bridgehead atoms. The normalized spacial score (nSPS) is 9.89. The van der Waals surface area contributed by atoms with Crippen LogP contribution in [0.15, 0.2) is 18.5 Å². The molecule has 1 amide bonds. The van der Waals surface area contributed by atoms with Crippen LogP contribution in [-0.4, -0.2) is 47.6 Å². The number of carbonyl (C=O) groups is 2. The highest BCUT2D eigenvalue weighted by Crippen LogP contribution is 2.17. The van der Waals surface area contributed by atoms with Crippen LogP contribution < -0.4 is 4.74 Å². The number of aliphatic carboxylic acids is 1. The van der Waals surface area contributed by atoms with Crippen LogP contribution in [0.1, 0.15) is 23.2 Å². The van der Waals surface area contributed by atoms with Gasteiger partial charge >= 0.3 is 5.97 Å². The third-order valence-corrected chi connectivity index (χ3v) is 2.47. The maximum atomic E-state index is 12.1. The van der Waals surface area contributed by atoms with Crippen molar-refractivity contribution in [1.29, 1.82) is 0 Å². The first kappa shape index (κ1) is 14.0. The fourth-order valence-electron chi connectivity index (χ4n) is 1.49. The second-order valence-corrected chi connectivity index (χ2v) is 3.80. The van der Waals surface area contributed by atoms with Gasteiger partial charge in [0.2, 0.25) is 0 Å². The van der Waals surface area contributed by atoms with E-state index in [1.54, 1.807) is 13.1 Å². The average Bonchev–Trinajstić information content (AvgIpc) is 2.37. The molecule has 0 aliphatic heterocycles. The third-order valence-electron chi connectivity index (χ3n) is 2.47. The number of hydrogen-bond acceptors (Lipinski definition) is 4. The van der Waals surface area contributed by atoms with Gasteiger partial charge < -0.3 is 14.7 Å². The number of methoxy groups -OCH3 is 1. The Labute approximate surface area is 105 Å². The molecular weight excluding hydrogens is 236 g/mol. The van der Waals surface area contributed by atoms with Gasteiger partial charge in [-0.2, -0.15) is 0 Å². The Morgan fingerprint density at radius 2 is 2.22 bits per heavy atom. The van der Waals surface area contributed by atoms with Crippen molar-refractivity contribution < 1.29 is 19.4 Å². The summed E-state index contributed by atoms with van der Waals surface area (Å²) in [6, 6.07) is 1.58. The largest absolute Gasteiger partial charge is 0.494 e. The van der Waals surface area contributed by atoms with Crippen molar-refractivity contribution in [2.24, 2.45) is 0 Å². The van der Waals surface area contributed by atoms with Crippen molar-refractivity contribution in [3.8, 4) is 5.75 Å². The molecule has 1 aromatic heterocycles. The lowest BCUT2D eigenvalue weighted by Gasteiger charge is -2.17. The summed E-state index contributed by atoms with van der Waals surface area (Å²) in [5, 5.41) is 8.53. The van der Waals surface area contributed by atoms with Crippen LogP contribution in [0.4, 0.5) is 0 Å². The van der Waals surface area contributed by atoms with Crippen molar-refractivity contribution in [2.75, 3.05) is 20.7 Å². The summed E-state index contributed by atoms with van der Waals surface area (Å²) in [5.41, 5.74) is 0.422. The number of hydrogen-bond donors (Lipinski definition) is 1. The van der Waals surface area contributed by atoms with E-state index < -0.39 is 5.97 Å². The van der Waals surface area contributed by atoms with E-state index in [4.69, 9.17) is 9.84 Å². The number of aromatic nitrogens is 1. The second-order valence-electron chi connectivity index (χ2n) is 3.80. The van der Waals surface area contributed by atoms with Gasteiger partial charge in [0.05, 0.1) is 18.9 Å². The predicted molar refractivity (Wildman–Crippen MR) is 64.6 cm³/mol. The van der Waals surface area contributed by atoms with Crippen molar-refractivity contribution in [3.63, 3.8) is 0 Å². The van der Waals surface area contributed by atoms with E-state index in [9.17, 15) is 9.59 Å². The summed E-state index contributed by atoms with van der Waals surface area (Å²) in [5.74, 6) is -0.662. The Bertz CT molecular complexity index is 434. The lowest BCUT2D eigenvalue weighted by atomic mass is 10.2.